The van der Waals surface area contributed by atoms with Crippen LogP contribution in [0.5, 0.6) is 0 Å². The van der Waals surface area contributed by atoms with E-state index >= 15 is 0 Å². The van der Waals surface area contributed by atoms with Crippen molar-refractivity contribution in [1.82, 2.24) is 15.0 Å². The summed E-state index contributed by atoms with van der Waals surface area (Å²) in [5, 5.41) is 0. The fourth-order valence-corrected chi connectivity index (χ4v) is 1.87. The Hall–Kier alpha value is -1.55. The zero-order valence-electron chi connectivity index (χ0n) is 10.2. The lowest BCUT2D eigenvalue weighted by Gasteiger charge is -2.09. The smallest absolute Gasteiger partial charge is 0.139 e. The minimum atomic E-state index is 0.403. The summed E-state index contributed by atoms with van der Waals surface area (Å²) in [5.74, 6) is 1.22. The Balaban J connectivity index is 2.60. The minimum absolute atomic E-state index is 0.403. The lowest BCUT2D eigenvalue weighted by Crippen LogP contribution is -1.99. The molecule has 0 atom stereocenters. The fourth-order valence-electron chi connectivity index (χ4n) is 1.65. The first-order valence-corrected chi connectivity index (χ1v) is 6.01. The lowest BCUT2D eigenvalue weighted by molar-refractivity contribution is 0.815. The molecule has 2 aromatic heterocycles. The third kappa shape index (κ3) is 2.58. The predicted molar refractivity (Wildman–Crippen MR) is 71.5 cm³/mol. The van der Waals surface area contributed by atoms with Gasteiger partial charge in [-0.2, -0.15) is 0 Å². The molecule has 0 aliphatic heterocycles. The second-order valence-corrected chi connectivity index (χ2v) is 4.79. The third-order valence-corrected chi connectivity index (χ3v) is 2.87. The van der Waals surface area contributed by atoms with E-state index in [0.717, 1.165) is 22.6 Å². The summed E-state index contributed by atoms with van der Waals surface area (Å²) in [6, 6.07) is 3.87. The monoisotopic (exact) mass is 245 g/mol. The average Bonchev–Trinajstić information content (AvgIpc) is 2.28. The van der Waals surface area contributed by atoms with E-state index in [2.05, 4.69) is 28.8 Å². The Morgan fingerprint density at radius 2 is 2.12 bits per heavy atom. The minimum Gasteiger partial charge on any atom is -0.343 e. The van der Waals surface area contributed by atoms with Crippen molar-refractivity contribution in [2.45, 2.75) is 26.7 Å². The van der Waals surface area contributed by atoms with Gasteiger partial charge in [-0.3, -0.25) is 4.98 Å². The maximum Gasteiger partial charge on any atom is 0.139 e. The van der Waals surface area contributed by atoms with Gasteiger partial charge in [0, 0.05) is 23.7 Å². The SMILES string of the molecule is Cc1cnccc1-c1nc(=S)cc(C(C)C)[nH]1. The van der Waals surface area contributed by atoms with Crippen LogP contribution in [0.1, 0.15) is 31.0 Å². The van der Waals surface area contributed by atoms with Crippen LogP contribution in [0, 0.1) is 11.6 Å². The van der Waals surface area contributed by atoms with Gasteiger partial charge in [-0.1, -0.05) is 26.1 Å². The van der Waals surface area contributed by atoms with Crippen molar-refractivity contribution in [2.75, 3.05) is 0 Å². The van der Waals surface area contributed by atoms with Gasteiger partial charge in [-0.25, -0.2) is 4.98 Å². The van der Waals surface area contributed by atoms with E-state index in [1.807, 2.05) is 25.3 Å². The Morgan fingerprint density at radius 3 is 2.76 bits per heavy atom. The van der Waals surface area contributed by atoms with Gasteiger partial charge < -0.3 is 4.98 Å². The second-order valence-electron chi connectivity index (χ2n) is 4.37. The molecule has 0 fully saturated rings. The molecule has 0 saturated heterocycles. The van der Waals surface area contributed by atoms with Gasteiger partial charge >= 0.3 is 0 Å². The van der Waals surface area contributed by atoms with Crippen LogP contribution < -0.4 is 0 Å². The number of aromatic nitrogens is 3. The molecule has 2 heterocycles. The molecule has 0 aromatic carbocycles. The number of hydrogen-bond donors (Lipinski definition) is 1. The molecule has 2 aromatic rings. The molecular formula is C13H15N3S. The molecule has 0 amide bonds. The van der Waals surface area contributed by atoms with Crippen molar-refractivity contribution in [3.8, 4) is 11.4 Å². The van der Waals surface area contributed by atoms with E-state index in [1.54, 1.807) is 6.20 Å². The van der Waals surface area contributed by atoms with E-state index in [0.29, 0.717) is 10.6 Å². The van der Waals surface area contributed by atoms with Gasteiger partial charge in [0.1, 0.15) is 10.5 Å². The largest absolute Gasteiger partial charge is 0.343 e. The summed E-state index contributed by atoms with van der Waals surface area (Å²) < 4.78 is 0.624. The number of pyridine rings is 1. The number of nitrogens with zero attached hydrogens (tertiary/aromatic N) is 2. The molecule has 3 nitrogen and oxygen atoms in total. The average molecular weight is 245 g/mol. The van der Waals surface area contributed by atoms with Crippen molar-refractivity contribution in [1.29, 1.82) is 0 Å². The molecule has 0 radical (unpaired) electrons. The molecule has 0 aliphatic rings. The Bertz CT molecular complexity index is 587. The summed E-state index contributed by atoms with van der Waals surface area (Å²) in [6.07, 6.45) is 3.60. The zero-order valence-corrected chi connectivity index (χ0v) is 11.0. The third-order valence-electron chi connectivity index (χ3n) is 2.66. The highest BCUT2D eigenvalue weighted by atomic mass is 32.1. The molecule has 0 bridgehead atoms. The number of aromatic amines is 1. The summed E-state index contributed by atoms with van der Waals surface area (Å²) >= 11 is 5.20. The summed E-state index contributed by atoms with van der Waals surface area (Å²) in [5.41, 5.74) is 3.25. The van der Waals surface area contributed by atoms with Crippen LogP contribution in [0.3, 0.4) is 0 Å². The highest BCUT2D eigenvalue weighted by Gasteiger charge is 2.07. The molecule has 88 valence electrons. The van der Waals surface area contributed by atoms with Gasteiger partial charge in [0.15, 0.2) is 0 Å². The van der Waals surface area contributed by atoms with E-state index in [4.69, 9.17) is 12.2 Å². The van der Waals surface area contributed by atoms with Crippen LogP contribution in [0.15, 0.2) is 24.5 Å². The highest BCUT2D eigenvalue weighted by Crippen LogP contribution is 2.20. The molecule has 0 unspecified atom stereocenters. The van der Waals surface area contributed by atoms with Gasteiger partial charge in [0.05, 0.1) is 0 Å². The molecule has 2 rings (SSSR count). The number of rotatable bonds is 2. The van der Waals surface area contributed by atoms with Crippen LogP contribution in [0.25, 0.3) is 11.4 Å². The molecule has 17 heavy (non-hydrogen) atoms. The van der Waals surface area contributed by atoms with Gasteiger partial charge in [0.2, 0.25) is 0 Å². The maximum atomic E-state index is 5.20. The first-order valence-electron chi connectivity index (χ1n) is 5.60. The first-order chi connectivity index (χ1) is 8.08. The molecule has 1 N–H and O–H groups in total. The normalized spacial score (nSPS) is 10.8. The lowest BCUT2D eigenvalue weighted by atomic mass is 10.1. The van der Waals surface area contributed by atoms with Crippen LogP contribution in [0.4, 0.5) is 0 Å². The number of aryl methyl sites for hydroxylation is 1. The predicted octanol–water partition coefficient (Wildman–Crippen LogP) is 3.63. The van der Waals surface area contributed by atoms with Crippen molar-refractivity contribution in [3.63, 3.8) is 0 Å². The maximum absolute atomic E-state index is 5.20. The zero-order chi connectivity index (χ0) is 12.4. The van der Waals surface area contributed by atoms with Crippen LogP contribution in [-0.4, -0.2) is 15.0 Å². The number of nitrogens with one attached hydrogen (secondary N) is 1. The van der Waals surface area contributed by atoms with Crippen molar-refractivity contribution < 1.29 is 0 Å². The topological polar surface area (TPSA) is 41.6 Å². The first kappa shape index (κ1) is 11.9. The van der Waals surface area contributed by atoms with Crippen LogP contribution in [-0.2, 0) is 0 Å². The molecule has 0 saturated carbocycles. The summed E-state index contributed by atoms with van der Waals surface area (Å²) in [7, 11) is 0. The van der Waals surface area contributed by atoms with Gasteiger partial charge in [-0.05, 0) is 30.5 Å². The Labute approximate surface area is 106 Å². The highest BCUT2D eigenvalue weighted by molar-refractivity contribution is 7.71. The standard InChI is InChI=1S/C13H15N3S/c1-8(2)11-6-12(17)16-13(15-11)10-4-5-14-7-9(10)3/h4-8H,1-3H3,(H,15,16,17). The fraction of sp³-hybridized carbons (Fsp3) is 0.308. The van der Waals surface area contributed by atoms with E-state index in [1.165, 1.54) is 0 Å². The quantitative estimate of drug-likeness (QED) is 0.821. The molecule has 0 aliphatic carbocycles. The van der Waals surface area contributed by atoms with E-state index < -0.39 is 0 Å². The second kappa shape index (κ2) is 4.75. The van der Waals surface area contributed by atoms with Crippen LogP contribution >= 0.6 is 12.2 Å². The van der Waals surface area contributed by atoms with Crippen molar-refractivity contribution in [2.24, 2.45) is 0 Å². The van der Waals surface area contributed by atoms with Crippen molar-refractivity contribution in [3.05, 3.63) is 40.4 Å². The van der Waals surface area contributed by atoms with Gasteiger partial charge in [-0.15, -0.1) is 0 Å². The molecule has 4 heteroatoms. The van der Waals surface area contributed by atoms with Crippen LogP contribution in [0.2, 0.25) is 0 Å². The number of H-pyrrole nitrogens is 1. The Kier molecular flexibility index (Phi) is 3.33. The van der Waals surface area contributed by atoms with E-state index in [-0.39, 0.29) is 0 Å². The molecular weight excluding hydrogens is 230 g/mol. The Morgan fingerprint density at radius 1 is 1.35 bits per heavy atom. The van der Waals surface area contributed by atoms with Gasteiger partial charge in [0.25, 0.3) is 0 Å². The van der Waals surface area contributed by atoms with E-state index in [9.17, 15) is 0 Å². The summed E-state index contributed by atoms with van der Waals surface area (Å²) in [4.78, 5) is 11.8. The summed E-state index contributed by atoms with van der Waals surface area (Å²) in [6.45, 7) is 6.27. The molecule has 0 spiro atoms. The van der Waals surface area contributed by atoms with Crippen molar-refractivity contribution >= 4 is 12.2 Å². The number of hydrogen-bond acceptors (Lipinski definition) is 3.